The standard InChI is InChI=1S/C14H19F2N3O/c1-19(2)14(6-3-7-14)8-18-13(20)11-9(15)4-5-10(17)12(11)16/h4-5H,3,6-8,17H2,1-2H3,(H,18,20). The van der Waals surface area contributed by atoms with Crippen molar-refractivity contribution in [3.8, 4) is 0 Å². The SMILES string of the molecule is CN(C)C1(CNC(=O)c2c(F)ccc(N)c2F)CCC1. The zero-order valence-electron chi connectivity index (χ0n) is 11.7. The Morgan fingerprint density at radius 1 is 1.40 bits per heavy atom. The van der Waals surface area contributed by atoms with E-state index in [1.165, 1.54) is 0 Å². The molecule has 0 bridgehead atoms. The van der Waals surface area contributed by atoms with Crippen LogP contribution in [0.2, 0.25) is 0 Å². The second kappa shape index (κ2) is 5.36. The summed E-state index contributed by atoms with van der Waals surface area (Å²) in [7, 11) is 3.87. The van der Waals surface area contributed by atoms with E-state index in [0.29, 0.717) is 6.54 Å². The van der Waals surface area contributed by atoms with Gasteiger partial charge in [0.1, 0.15) is 11.4 Å². The molecule has 1 aliphatic rings. The van der Waals surface area contributed by atoms with E-state index >= 15 is 0 Å². The van der Waals surface area contributed by atoms with Crippen LogP contribution in [-0.2, 0) is 0 Å². The summed E-state index contributed by atoms with van der Waals surface area (Å²) in [6.07, 6.45) is 3.01. The largest absolute Gasteiger partial charge is 0.396 e. The monoisotopic (exact) mass is 283 g/mol. The molecule has 1 aromatic rings. The molecule has 1 saturated carbocycles. The van der Waals surface area contributed by atoms with Crippen molar-refractivity contribution >= 4 is 11.6 Å². The third kappa shape index (κ3) is 2.47. The second-order valence-corrected chi connectivity index (χ2v) is 5.48. The summed E-state index contributed by atoms with van der Waals surface area (Å²) >= 11 is 0. The summed E-state index contributed by atoms with van der Waals surface area (Å²) in [4.78, 5) is 14.0. The van der Waals surface area contributed by atoms with Crippen molar-refractivity contribution in [1.29, 1.82) is 0 Å². The van der Waals surface area contributed by atoms with E-state index in [2.05, 4.69) is 5.32 Å². The van der Waals surface area contributed by atoms with Gasteiger partial charge >= 0.3 is 0 Å². The number of benzene rings is 1. The van der Waals surface area contributed by atoms with Gasteiger partial charge in [-0.25, -0.2) is 8.78 Å². The Balaban J connectivity index is 2.12. The lowest BCUT2D eigenvalue weighted by Crippen LogP contribution is -2.57. The molecule has 0 aromatic heterocycles. The number of carbonyl (C=O) groups is 1. The number of nitrogens with zero attached hydrogens (tertiary/aromatic N) is 1. The van der Waals surface area contributed by atoms with Gasteiger partial charge in [0.15, 0.2) is 5.82 Å². The molecule has 1 aliphatic carbocycles. The van der Waals surface area contributed by atoms with Crippen LogP contribution in [0.3, 0.4) is 0 Å². The molecule has 0 radical (unpaired) electrons. The van der Waals surface area contributed by atoms with Crippen molar-refractivity contribution < 1.29 is 13.6 Å². The van der Waals surface area contributed by atoms with Gasteiger partial charge in [-0.05, 0) is 45.5 Å². The molecule has 4 nitrogen and oxygen atoms in total. The summed E-state index contributed by atoms with van der Waals surface area (Å²) in [5, 5.41) is 2.62. The van der Waals surface area contributed by atoms with Crippen LogP contribution in [0.15, 0.2) is 12.1 Å². The Hall–Kier alpha value is -1.69. The Morgan fingerprint density at radius 2 is 2.05 bits per heavy atom. The van der Waals surface area contributed by atoms with Crippen molar-refractivity contribution in [3.05, 3.63) is 29.3 Å². The maximum atomic E-state index is 13.8. The third-order valence-electron chi connectivity index (χ3n) is 4.16. The van der Waals surface area contributed by atoms with E-state index < -0.39 is 23.1 Å². The topological polar surface area (TPSA) is 58.4 Å². The van der Waals surface area contributed by atoms with Gasteiger partial charge in [0.2, 0.25) is 0 Å². The van der Waals surface area contributed by atoms with E-state index in [1.54, 1.807) is 0 Å². The minimum Gasteiger partial charge on any atom is -0.396 e. The van der Waals surface area contributed by atoms with Gasteiger partial charge in [0, 0.05) is 12.1 Å². The van der Waals surface area contributed by atoms with E-state index in [1.807, 2.05) is 19.0 Å². The number of nitrogens with one attached hydrogen (secondary N) is 1. The van der Waals surface area contributed by atoms with Crippen molar-refractivity contribution in [2.45, 2.75) is 24.8 Å². The zero-order valence-corrected chi connectivity index (χ0v) is 11.7. The van der Waals surface area contributed by atoms with Crippen LogP contribution < -0.4 is 11.1 Å². The number of hydrogen-bond acceptors (Lipinski definition) is 3. The number of rotatable bonds is 4. The predicted molar refractivity (Wildman–Crippen MR) is 73.4 cm³/mol. The quantitative estimate of drug-likeness (QED) is 0.828. The van der Waals surface area contributed by atoms with Crippen molar-refractivity contribution in [3.63, 3.8) is 0 Å². The van der Waals surface area contributed by atoms with Crippen LogP contribution in [0.4, 0.5) is 14.5 Å². The highest BCUT2D eigenvalue weighted by Crippen LogP contribution is 2.35. The average molecular weight is 283 g/mol. The minimum atomic E-state index is -1.00. The lowest BCUT2D eigenvalue weighted by molar-refractivity contribution is 0.0555. The first-order valence-electron chi connectivity index (χ1n) is 6.56. The van der Waals surface area contributed by atoms with E-state index in [4.69, 9.17) is 5.73 Å². The molecule has 20 heavy (non-hydrogen) atoms. The fourth-order valence-electron chi connectivity index (χ4n) is 2.48. The van der Waals surface area contributed by atoms with Gasteiger partial charge in [-0.1, -0.05) is 0 Å². The lowest BCUT2D eigenvalue weighted by atomic mass is 9.75. The molecule has 0 aliphatic heterocycles. The van der Waals surface area contributed by atoms with Crippen molar-refractivity contribution in [2.24, 2.45) is 0 Å². The highest BCUT2D eigenvalue weighted by molar-refractivity contribution is 5.95. The number of likely N-dealkylation sites (N-methyl/N-ethyl adjacent to an activating group) is 1. The predicted octanol–water partition coefficient (Wildman–Crippen LogP) is 1.76. The van der Waals surface area contributed by atoms with E-state index in [0.717, 1.165) is 31.4 Å². The Morgan fingerprint density at radius 3 is 2.55 bits per heavy atom. The molecule has 0 unspecified atom stereocenters. The smallest absolute Gasteiger partial charge is 0.257 e. The van der Waals surface area contributed by atoms with Crippen molar-refractivity contribution in [2.75, 3.05) is 26.4 Å². The molecular weight excluding hydrogens is 264 g/mol. The molecule has 0 spiro atoms. The van der Waals surface area contributed by atoms with E-state index in [-0.39, 0.29) is 11.2 Å². The number of nitrogen functional groups attached to an aromatic ring is 1. The summed E-state index contributed by atoms with van der Waals surface area (Å²) in [5.41, 5.74) is 4.41. The van der Waals surface area contributed by atoms with Crippen LogP contribution in [0, 0.1) is 11.6 Å². The Labute approximate surface area is 116 Å². The van der Waals surface area contributed by atoms with Gasteiger partial charge in [-0.15, -0.1) is 0 Å². The normalized spacial score (nSPS) is 16.9. The summed E-state index contributed by atoms with van der Waals surface area (Å²) in [6.45, 7) is 0.368. The molecule has 1 aromatic carbocycles. The summed E-state index contributed by atoms with van der Waals surface area (Å²) in [5.74, 6) is -2.67. The Kier molecular flexibility index (Phi) is 3.94. The number of halogens is 2. The first-order chi connectivity index (χ1) is 9.37. The highest BCUT2D eigenvalue weighted by atomic mass is 19.1. The molecule has 6 heteroatoms. The third-order valence-corrected chi connectivity index (χ3v) is 4.16. The number of hydrogen-bond donors (Lipinski definition) is 2. The maximum Gasteiger partial charge on any atom is 0.257 e. The number of nitrogens with two attached hydrogens (primary N) is 1. The number of carbonyl (C=O) groups excluding carboxylic acids is 1. The first-order valence-corrected chi connectivity index (χ1v) is 6.56. The highest BCUT2D eigenvalue weighted by Gasteiger charge is 2.39. The van der Waals surface area contributed by atoms with Crippen LogP contribution in [0.5, 0.6) is 0 Å². The fourth-order valence-corrected chi connectivity index (χ4v) is 2.48. The minimum absolute atomic E-state index is 0.108. The van der Waals surface area contributed by atoms with Crippen LogP contribution in [0.1, 0.15) is 29.6 Å². The van der Waals surface area contributed by atoms with Gasteiger partial charge in [-0.2, -0.15) is 0 Å². The molecule has 1 fully saturated rings. The van der Waals surface area contributed by atoms with Crippen molar-refractivity contribution in [1.82, 2.24) is 10.2 Å². The van der Waals surface area contributed by atoms with Gasteiger partial charge in [0.25, 0.3) is 5.91 Å². The summed E-state index contributed by atoms with van der Waals surface area (Å²) in [6, 6.07) is 2.10. The maximum absolute atomic E-state index is 13.8. The van der Waals surface area contributed by atoms with Gasteiger partial charge in [-0.3, -0.25) is 4.79 Å². The average Bonchev–Trinajstić information content (AvgIpc) is 2.32. The lowest BCUT2D eigenvalue weighted by Gasteiger charge is -2.47. The molecule has 3 N–H and O–H groups in total. The zero-order chi connectivity index (χ0) is 14.9. The van der Waals surface area contributed by atoms with Crippen LogP contribution in [-0.4, -0.2) is 37.0 Å². The number of amides is 1. The van der Waals surface area contributed by atoms with Crippen LogP contribution >= 0.6 is 0 Å². The molecule has 110 valence electrons. The Bertz CT molecular complexity index is 527. The molecule has 0 heterocycles. The first kappa shape index (κ1) is 14.7. The molecule has 2 rings (SSSR count). The fraction of sp³-hybridized carbons (Fsp3) is 0.500. The molecule has 1 amide bonds. The summed E-state index contributed by atoms with van der Waals surface area (Å²) < 4.78 is 27.3. The van der Waals surface area contributed by atoms with Gasteiger partial charge in [0.05, 0.1) is 5.69 Å². The van der Waals surface area contributed by atoms with Gasteiger partial charge < -0.3 is 16.0 Å². The molecular formula is C14H19F2N3O. The molecule has 0 atom stereocenters. The number of anilines is 1. The van der Waals surface area contributed by atoms with Crippen LogP contribution in [0.25, 0.3) is 0 Å². The second-order valence-electron chi connectivity index (χ2n) is 5.48. The van der Waals surface area contributed by atoms with E-state index in [9.17, 15) is 13.6 Å². The molecule has 0 saturated heterocycles.